The Morgan fingerprint density at radius 1 is 1.27 bits per heavy atom. The summed E-state index contributed by atoms with van der Waals surface area (Å²) in [6, 6.07) is 13.8. The molecule has 0 radical (unpaired) electrons. The minimum Gasteiger partial charge on any atom is -0.497 e. The molecule has 6 heteroatoms. The lowest BCUT2D eigenvalue weighted by Gasteiger charge is -2.32. The molecule has 0 aliphatic carbocycles. The van der Waals surface area contributed by atoms with E-state index in [-0.39, 0.29) is 11.9 Å². The molecule has 138 valence electrons. The van der Waals surface area contributed by atoms with Crippen molar-refractivity contribution >= 4 is 40.1 Å². The normalized spacial score (nSPS) is 15.7. The van der Waals surface area contributed by atoms with Gasteiger partial charge in [0, 0.05) is 34.8 Å². The highest BCUT2D eigenvalue weighted by Gasteiger charge is 2.21. The molecule has 1 fully saturated rings. The van der Waals surface area contributed by atoms with E-state index < -0.39 is 0 Å². The van der Waals surface area contributed by atoms with Crippen molar-refractivity contribution in [2.24, 2.45) is 0 Å². The summed E-state index contributed by atoms with van der Waals surface area (Å²) in [5, 5.41) is 3.83. The standard InChI is InChI=1S/C20H22ClIN2O2/c1-26-17-4-2-3-14(11-17)13-24-9-7-16(8-10-24)23-20(25)15-5-6-18(21)19(22)12-15/h2-6,11-12,16H,7-10,13H2,1H3,(H,23,25). The van der Waals surface area contributed by atoms with Crippen LogP contribution in [0.15, 0.2) is 42.5 Å². The van der Waals surface area contributed by atoms with Crippen molar-refractivity contribution < 1.29 is 9.53 Å². The zero-order chi connectivity index (χ0) is 18.5. The van der Waals surface area contributed by atoms with E-state index in [9.17, 15) is 4.79 Å². The van der Waals surface area contributed by atoms with Gasteiger partial charge in [0.15, 0.2) is 0 Å². The topological polar surface area (TPSA) is 41.6 Å². The van der Waals surface area contributed by atoms with E-state index in [0.29, 0.717) is 10.6 Å². The number of ether oxygens (including phenoxy) is 1. The maximum Gasteiger partial charge on any atom is 0.251 e. The van der Waals surface area contributed by atoms with Crippen LogP contribution >= 0.6 is 34.2 Å². The van der Waals surface area contributed by atoms with Gasteiger partial charge in [0.1, 0.15) is 5.75 Å². The molecule has 0 unspecified atom stereocenters. The highest BCUT2D eigenvalue weighted by Crippen LogP contribution is 2.21. The number of nitrogens with zero attached hydrogens (tertiary/aromatic N) is 1. The van der Waals surface area contributed by atoms with Crippen LogP contribution in [0.2, 0.25) is 5.02 Å². The molecule has 1 saturated heterocycles. The van der Waals surface area contributed by atoms with E-state index in [4.69, 9.17) is 16.3 Å². The van der Waals surface area contributed by atoms with Crippen molar-refractivity contribution in [3.05, 3.63) is 62.2 Å². The van der Waals surface area contributed by atoms with Crippen LogP contribution in [0.3, 0.4) is 0 Å². The van der Waals surface area contributed by atoms with Crippen LogP contribution in [0.25, 0.3) is 0 Å². The zero-order valence-electron chi connectivity index (χ0n) is 14.7. The number of rotatable bonds is 5. The van der Waals surface area contributed by atoms with E-state index in [1.807, 2.05) is 18.2 Å². The van der Waals surface area contributed by atoms with Crippen LogP contribution in [0.4, 0.5) is 0 Å². The zero-order valence-corrected chi connectivity index (χ0v) is 17.6. The summed E-state index contributed by atoms with van der Waals surface area (Å²) >= 11 is 8.17. The van der Waals surface area contributed by atoms with Crippen LogP contribution in [0.1, 0.15) is 28.8 Å². The minimum atomic E-state index is -0.0224. The lowest BCUT2D eigenvalue weighted by atomic mass is 10.0. The summed E-state index contributed by atoms with van der Waals surface area (Å²) in [7, 11) is 1.69. The molecule has 1 aliphatic rings. The van der Waals surface area contributed by atoms with E-state index >= 15 is 0 Å². The number of hydrogen-bond donors (Lipinski definition) is 1. The van der Waals surface area contributed by atoms with E-state index in [2.05, 4.69) is 44.9 Å². The first-order valence-electron chi connectivity index (χ1n) is 8.66. The molecule has 0 spiro atoms. The van der Waals surface area contributed by atoms with E-state index in [1.165, 1.54) is 5.56 Å². The molecule has 3 rings (SSSR count). The second-order valence-electron chi connectivity index (χ2n) is 6.50. The summed E-state index contributed by atoms with van der Waals surface area (Å²) in [6.07, 6.45) is 1.92. The number of piperidine rings is 1. The first-order valence-corrected chi connectivity index (χ1v) is 10.1. The predicted molar refractivity (Wildman–Crippen MR) is 113 cm³/mol. The number of methoxy groups -OCH3 is 1. The molecule has 0 aromatic heterocycles. The predicted octanol–water partition coefficient (Wildman–Crippen LogP) is 4.35. The third-order valence-electron chi connectivity index (χ3n) is 4.64. The molecule has 1 aliphatic heterocycles. The Kier molecular flexibility index (Phi) is 6.78. The number of halogens is 2. The van der Waals surface area contributed by atoms with Crippen LogP contribution in [0, 0.1) is 3.57 Å². The fraction of sp³-hybridized carbons (Fsp3) is 0.350. The molecule has 1 amide bonds. The number of carbonyl (C=O) groups is 1. The Hall–Kier alpha value is -1.31. The Bertz CT molecular complexity index is 776. The number of likely N-dealkylation sites (tertiary alicyclic amines) is 1. The molecule has 0 atom stereocenters. The van der Waals surface area contributed by atoms with Crippen molar-refractivity contribution in [2.75, 3.05) is 20.2 Å². The van der Waals surface area contributed by atoms with Crippen LogP contribution in [0.5, 0.6) is 5.75 Å². The molecule has 0 bridgehead atoms. The average Bonchev–Trinajstić information content (AvgIpc) is 2.65. The van der Waals surface area contributed by atoms with Gasteiger partial charge >= 0.3 is 0 Å². The van der Waals surface area contributed by atoms with E-state index in [0.717, 1.165) is 41.8 Å². The third-order valence-corrected chi connectivity index (χ3v) is 6.19. The van der Waals surface area contributed by atoms with Gasteiger partial charge in [-0.05, 0) is 71.3 Å². The van der Waals surface area contributed by atoms with Crippen LogP contribution in [-0.4, -0.2) is 37.0 Å². The second-order valence-corrected chi connectivity index (χ2v) is 8.07. The molecular weight excluding hydrogens is 463 g/mol. The van der Waals surface area contributed by atoms with Gasteiger partial charge in [0.05, 0.1) is 12.1 Å². The number of amides is 1. The highest BCUT2D eigenvalue weighted by molar-refractivity contribution is 14.1. The summed E-state index contributed by atoms with van der Waals surface area (Å²) in [5.41, 5.74) is 1.92. The third kappa shape index (κ3) is 5.11. The van der Waals surface area contributed by atoms with Gasteiger partial charge in [-0.25, -0.2) is 0 Å². The minimum absolute atomic E-state index is 0.0224. The first-order chi connectivity index (χ1) is 12.5. The van der Waals surface area contributed by atoms with E-state index in [1.54, 1.807) is 19.2 Å². The Labute approximate surface area is 173 Å². The molecular formula is C20H22ClIN2O2. The van der Waals surface area contributed by atoms with Gasteiger partial charge in [0.25, 0.3) is 5.91 Å². The maximum absolute atomic E-state index is 12.4. The first kappa shape index (κ1) is 19.5. The number of hydrogen-bond acceptors (Lipinski definition) is 3. The molecule has 1 N–H and O–H groups in total. The number of carbonyl (C=O) groups excluding carboxylic acids is 1. The van der Waals surface area contributed by atoms with Gasteiger partial charge in [-0.1, -0.05) is 23.7 Å². The monoisotopic (exact) mass is 484 g/mol. The fourth-order valence-electron chi connectivity index (χ4n) is 3.17. The summed E-state index contributed by atoms with van der Waals surface area (Å²) in [4.78, 5) is 14.9. The summed E-state index contributed by atoms with van der Waals surface area (Å²) in [5.74, 6) is 0.869. The molecule has 2 aromatic carbocycles. The smallest absolute Gasteiger partial charge is 0.251 e. The molecule has 0 saturated carbocycles. The van der Waals surface area contributed by atoms with Gasteiger partial charge < -0.3 is 10.1 Å². The van der Waals surface area contributed by atoms with Gasteiger partial charge in [-0.2, -0.15) is 0 Å². The Morgan fingerprint density at radius 2 is 2.04 bits per heavy atom. The second kappa shape index (κ2) is 9.06. The van der Waals surface area contributed by atoms with Gasteiger partial charge in [-0.15, -0.1) is 0 Å². The number of nitrogens with one attached hydrogen (secondary N) is 1. The molecule has 26 heavy (non-hydrogen) atoms. The SMILES string of the molecule is COc1cccc(CN2CCC(NC(=O)c3ccc(Cl)c(I)c3)CC2)c1. The largest absolute Gasteiger partial charge is 0.497 e. The Morgan fingerprint density at radius 3 is 2.73 bits per heavy atom. The highest BCUT2D eigenvalue weighted by atomic mass is 127. The number of benzene rings is 2. The van der Waals surface area contributed by atoms with Crippen LogP contribution in [-0.2, 0) is 6.54 Å². The molecule has 1 heterocycles. The van der Waals surface area contributed by atoms with Crippen molar-refractivity contribution in [2.45, 2.75) is 25.4 Å². The summed E-state index contributed by atoms with van der Waals surface area (Å²) in [6.45, 7) is 2.86. The lowest BCUT2D eigenvalue weighted by Crippen LogP contribution is -2.44. The van der Waals surface area contributed by atoms with Crippen LogP contribution < -0.4 is 10.1 Å². The fourth-order valence-corrected chi connectivity index (χ4v) is 3.80. The average molecular weight is 485 g/mol. The molecule has 4 nitrogen and oxygen atoms in total. The maximum atomic E-state index is 12.4. The van der Waals surface area contributed by atoms with Crippen molar-refractivity contribution in [1.29, 1.82) is 0 Å². The van der Waals surface area contributed by atoms with Gasteiger partial charge in [-0.3, -0.25) is 9.69 Å². The Balaban J connectivity index is 1.50. The molecule has 2 aromatic rings. The van der Waals surface area contributed by atoms with Crippen molar-refractivity contribution in [1.82, 2.24) is 10.2 Å². The van der Waals surface area contributed by atoms with Gasteiger partial charge in [0.2, 0.25) is 0 Å². The quantitative estimate of drug-likeness (QED) is 0.642. The lowest BCUT2D eigenvalue weighted by molar-refractivity contribution is 0.0909. The van der Waals surface area contributed by atoms with Crippen molar-refractivity contribution in [3.63, 3.8) is 0 Å². The summed E-state index contributed by atoms with van der Waals surface area (Å²) < 4.78 is 6.18. The van der Waals surface area contributed by atoms with Crippen molar-refractivity contribution in [3.8, 4) is 5.75 Å².